The molecule has 0 saturated carbocycles. The molecule has 4 rings (SSSR count). The SMILES string of the molecule is CC(c1cc(OC(=O)N2CCOCC2)c2ncccc2c1)N1CCOCC1. The first-order valence-electron chi connectivity index (χ1n) is 9.47. The van der Waals surface area contributed by atoms with Gasteiger partial charge in [-0.05, 0) is 30.7 Å². The van der Waals surface area contributed by atoms with Crippen LogP contribution in [0.2, 0.25) is 0 Å². The zero-order valence-electron chi connectivity index (χ0n) is 15.6. The summed E-state index contributed by atoms with van der Waals surface area (Å²) in [6, 6.07) is 8.20. The number of carbonyl (C=O) groups excluding carboxylic acids is 1. The van der Waals surface area contributed by atoms with Gasteiger partial charge in [-0.2, -0.15) is 0 Å². The van der Waals surface area contributed by atoms with E-state index in [9.17, 15) is 4.79 Å². The van der Waals surface area contributed by atoms with Gasteiger partial charge in [-0.25, -0.2) is 4.79 Å². The van der Waals surface area contributed by atoms with Crippen molar-refractivity contribution >= 4 is 17.0 Å². The Balaban J connectivity index is 1.62. The molecule has 7 nitrogen and oxygen atoms in total. The number of carbonyl (C=O) groups is 1. The van der Waals surface area contributed by atoms with Gasteiger partial charge in [0.05, 0.1) is 26.4 Å². The predicted octanol–water partition coefficient (Wildman–Crippen LogP) is 2.46. The van der Waals surface area contributed by atoms with E-state index in [-0.39, 0.29) is 12.1 Å². The highest BCUT2D eigenvalue weighted by Gasteiger charge is 2.23. The molecule has 7 heteroatoms. The average molecular weight is 371 g/mol. The first-order chi connectivity index (χ1) is 13.2. The third-order valence-electron chi connectivity index (χ3n) is 5.23. The van der Waals surface area contributed by atoms with Gasteiger partial charge in [0, 0.05) is 43.8 Å². The molecule has 1 amide bonds. The summed E-state index contributed by atoms with van der Waals surface area (Å²) in [5, 5.41) is 0.972. The zero-order chi connectivity index (χ0) is 18.6. The van der Waals surface area contributed by atoms with E-state index in [1.54, 1.807) is 11.1 Å². The molecule has 3 heterocycles. The van der Waals surface area contributed by atoms with Gasteiger partial charge < -0.3 is 19.1 Å². The normalized spacial score (nSPS) is 19.8. The van der Waals surface area contributed by atoms with Crippen molar-refractivity contribution in [1.29, 1.82) is 0 Å². The molecule has 144 valence electrons. The van der Waals surface area contributed by atoms with Crippen LogP contribution in [0.4, 0.5) is 4.79 Å². The second-order valence-electron chi connectivity index (χ2n) is 6.89. The Bertz CT molecular complexity index is 801. The van der Waals surface area contributed by atoms with Crippen LogP contribution in [0.1, 0.15) is 18.5 Å². The van der Waals surface area contributed by atoms with Gasteiger partial charge in [-0.3, -0.25) is 9.88 Å². The second kappa shape index (κ2) is 8.21. The number of aromatic nitrogens is 1. The number of amides is 1. The molecule has 1 atom stereocenters. The summed E-state index contributed by atoms with van der Waals surface area (Å²) in [5.74, 6) is 0.514. The van der Waals surface area contributed by atoms with E-state index in [2.05, 4.69) is 22.9 Å². The fraction of sp³-hybridized carbons (Fsp3) is 0.500. The second-order valence-corrected chi connectivity index (χ2v) is 6.89. The highest BCUT2D eigenvalue weighted by atomic mass is 16.6. The summed E-state index contributed by atoms with van der Waals surface area (Å²) in [6.07, 6.45) is 1.38. The number of nitrogens with zero attached hydrogens (tertiary/aromatic N) is 3. The Labute approximate surface area is 158 Å². The molecule has 27 heavy (non-hydrogen) atoms. The van der Waals surface area contributed by atoms with Crippen molar-refractivity contribution in [1.82, 2.24) is 14.8 Å². The Morgan fingerprint density at radius 2 is 1.81 bits per heavy atom. The molecular formula is C20H25N3O4. The minimum Gasteiger partial charge on any atom is -0.408 e. The third-order valence-corrected chi connectivity index (χ3v) is 5.23. The molecule has 0 spiro atoms. The van der Waals surface area contributed by atoms with E-state index in [1.807, 2.05) is 18.2 Å². The van der Waals surface area contributed by atoms with Gasteiger partial charge >= 0.3 is 6.09 Å². The Morgan fingerprint density at radius 3 is 2.56 bits per heavy atom. The number of morpholine rings is 2. The molecule has 0 radical (unpaired) electrons. The fourth-order valence-electron chi connectivity index (χ4n) is 3.58. The number of ether oxygens (including phenoxy) is 3. The van der Waals surface area contributed by atoms with Crippen LogP contribution in [0.3, 0.4) is 0 Å². The number of hydrogen-bond acceptors (Lipinski definition) is 6. The summed E-state index contributed by atoms with van der Waals surface area (Å²) in [4.78, 5) is 21.1. The van der Waals surface area contributed by atoms with Crippen molar-refractivity contribution in [2.75, 3.05) is 52.6 Å². The van der Waals surface area contributed by atoms with E-state index in [4.69, 9.17) is 14.2 Å². The molecule has 2 aliphatic rings. The minimum atomic E-state index is -0.346. The molecule has 0 N–H and O–H groups in total. The standard InChI is InChI=1S/C20H25N3O4/c1-15(22-5-9-25-10-6-22)17-13-16-3-2-4-21-19(16)18(14-17)27-20(24)23-7-11-26-12-8-23/h2-4,13-15H,5-12H2,1H3. The molecule has 1 aromatic heterocycles. The third kappa shape index (κ3) is 4.05. The summed E-state index contributed by atoms with van der Waals surface area (Å²) in [6.45, 7) is 7.66. The van der Waals surface area contributed by atoms with Crippen molar-refractivity contribution in [3.05, 3.63) is 36.0 Å². The summed E-state index contributed by atoms with van der Waals surface area (Å²) < 4.78 is 16.5. The number of pyridine rings is 1. The van der Waals surface area contributed by atoms with Crippen molar-refractivity contribution in [2.45, 2.75) is 13.0 Å². The lowest BCUT2D eigenvalue weighted by Gasteiger charge is -2.33. The maximum Gasteiger partial charge on any atom is 0.415 e. The van der Waals surface area contributed by atoms with Crippen LogP contribution in [0.5, 0.6) is 5.75 Å². The first-order valence-corrected chi connectivity index (χ1v) is 9.47. The number of hydrogen-bond donors (Lipinski definition) is 0. The Kier molecular flexibility index (Phi) is 5.52. The molecule has 0 bridgehead atoms. The van der Waals surface area contributed by atoms with Crippen molar-refractivity contribution < 1.29 is 19.0 Å². The number of benzene rings is 1. The summed E-state index contributed by atoms with van der Waals surface area (Å²) in [5.41, 5.74) is 1.82. The van der Waals surface area contributed by atoms with Gasteiger partial charge in [0.1, 0.15) is 5.52 Å². The van der Waals surface area contributed by atoms with E-state index in [0.29, 0.717) is 37.6 Å². The highest BCUT2D eigenvalue weighted by Crippen LogP contribution is 2.31. The summed E-state index contributed by atoms with van der Waals surface area (Å²) in [7, 11) is 0. The van der Waals surface area contributed by atoms with Gasteiger partial charge in [-0.1, -0.05) is 6.07 Å². The minimum absolute atomic E-state index is 0.208. The highest BCUT2D eigenvalue weighted by molar-refractivity contribution is 5.87. The van der Waals surface area contributed by atoms with Crippen LogP contribution in [0.15, 0.2) is 30.5 Å². The predicted molar refractivity (Wildman–Crippen MR) is 101 cm³/mol. The van der Waals surface area contributed by atoms with Crippen molar-refractivity contribution in [2.24, 2.45) is 0 Å². The van der Waals surface area contributed by atoms with Crippen LogP contribution >= 0.6 is 0 Å². The molecule has 0 aliphatic carbocycles. The lowest BCUT2D eigenvalue weighted by molar-refractivity contribution is 0.0198. The van der Waals surface area contributed by atoms with Crippen LogP contribution in [-0.4, -0.2) is 73.5 Å². The number of rotatable bonds is 3. The zero-order valence-corrected chi connectivity index (χ0v) is 15.6. The fourth-order valence-corrected chi connectivity index (χ4v) is 3.58. The van der Waals surface area contributed by atoms with Gasteiger partial charge in [0.15, 0.2) is 5.75 Å². The van der Waals surface area contributed by atoms with Gasteiger partial charge in [0.2, 0.25) is 0 Å². The van der Waals surface area contributed by atoms with E-state index >= 15 is 0 Å². The molecule has 1 aromatic carbocycles. The monoisotopic (exact) mass is 371 g/mol. The first kappa shape index (κ1) is 18.2. The molecule has 1 unspecified atom stereocenters. The Hall–Kier alpha value is -2.22. The Morgan fingerprint density at radius 1 is 1.11 bits per heavy atom. The van der Waals surface area contributed by atoms with Crippen molar-refractivity contribution in [3.63, 3.8) is 0 Å². The van der Waals surface area contributed by atoms with Gasteiger partial charge in [0.25, 0.3) is 0 Å². The summed E-state index contributed by atoms with van der Waals surface area (Å²) >= 11 is 0. The molecule has 2 aromatic rings. The molecular weight excluding hydrogens is 346 g/mol. The maximum absolute atomic E-state index is 12.6. The van der Waals surface area contributed by atoms with Crippen LogP contribution < -0.4 is 4.74 Å². The van der Waals surface area contributed by atoms with E-state index < -0.39 is 0 Å². The van der Waals surface area contributed by atoms with E-state index in [1.165, 1.54) is 0 Å². The molecule has 2 aliphatic heterocycles. The number of fused-ring (bicyclic) bond motifs is 1. The van der Waals surface area contributed by atoms with Crippen LogP contribution in [0.25, 0.3) is 10.9 Å². The van der Waals surface area contributed by atoms with Gasteiger partial charge in [-0.15, -0.1) is 0 Å². The lowest BCUT2D eigenvalue weighted by atomic mass is 10.0. The quantitative estimate of drug-likeness (QED) is 0.826. The van der Waals surface area contributed by atoms with Crippen LogP contribution in [0, 0.1) is 0 Å². The largest absolute Gasteiger partial charge is 0.415 e. The molecule has 2 saturated heterocycles. The smallest absolute Gasteiger partial charge is 0.408 e. The topological polar surface area (TPSA) is 64.1 Å². The van der Waals surface area contributed by atoms with Crippen molar-refractivity contribution in [3.8, 4) is 5.75 Å². The lowest BCUT2D eigenvalue weighted by Crippen LogP contribution is -2.42. The average Bonchev–Trinajstić information content (AvgIpc) is 2.74. The van der Waals surface area contributed by atoms with Crippen LogP contribution in [-0.2, 0) is 9.47 Å². The maximum atomic E-state index is 12.6. The molecule has 2 fully saturated rings. The van der Waals surface area contributed by atoms with E-state index in [0.717, 1.165) is 37.3 Å².